The van der Waals surface area contributed by atoms with Gasteiger partial charge in [0, 0.05) is 12.2 Å². The van der Waals surface area contributed by atoms with Gasteiger partial charge >= 0.3 is 0 Å². The summed E-state index contributed by atoms with van der Waals surface area (Å²) in [6, 6.07) is 6.97. The maximum absolute atomic E-state index is 8.99. The van der Waals surface area contributed by atoms with Crippen molar-refractivity contribution in [2.45, 2.75) is 6.92 Å². The molecule has 0 aliphatic rings. The van der Waals surface area contributed by atoms with E-state index < -0.39 is 0 Å². The van der Waals surface area contributed by atoms with Crippen molar-refractivity contribution < 1.29 is 5.11 Å². The largest absolute Gasteiger partial charge is 0.508 e. The number of nitrogens with one attached hydrogen (secondary N) is 1. The standard InChI is InChI=1S/C10H13NO/c1-8(2)7-11-9-3-5-10(12)6-4-9/h3-6,11-12H,1,7H2,2H3. The van der Waals surface area contributed by atoms with Crippen LogP contribution in [0.4, 0.5) is 5.69 Å². The molecule has 0 aliphatic heterocycles. The first kappa shape index (κ1) is 8.65. The minimum atomic E-state index is 0.288. The Balaban J connectivity index is 2.53. The molecule has 0 bridgehead atoms. The molecule has 0 fully saturated rings. The SMILES string of the molecule is C=C(C)CNc1ccc(O)cc1. The predicted octanol–water partition coefficient (Wildman–Crippen LogP) is 2.38. The van der Waals surface area contributed by atoms with E-state index in [1.807, 2.05) is 19.1 Å². The first-order valence-corrected chi connectivity index (χ1v) is 3.86. The van der Waals surface area contributed by atoms with Gasteiger partial charge in [0.1, 0.15) is 5.75 Å². The van der Waals surface area contributed by atoms with Gasteiger partial charge < -0.3 is 10.4 Å². The lowest BCUT2D eigenvalue weighted by Gasteiger charge is -2.04. The monoisotopic (exact) mass is 163 g/mol. The third kappa shape index (κ3) is 2.66. The highest BCUT2D eigenvalue weighted by molar-refractivity contribution is 5.46. The Morgan fingerprint density at radius 2 is 2.00 bits per heavy atom. The Kier molecular flexibility index (Phi) is 2.75. The Hall–Kier alpha value is -1.44. The molecule has 64 valence electrons. The van der Waals surface area contributed by atoms with Crippen LogP contribution in [0.25, 0.3) is 0 Å². The van der Waals surface area contributed by atoms with Gasteiger partial charge in [-0.15, -0.1) is 0 Å². The zero-order valence-corrected chi connectivity index (χ0v) is 7.17. The van der Waals surface area contributed by atoms with E-state index in [2.05, 4.69) is 11.9 Å². The van der Waals surface area contributed by atoms with Crippen molar-refractivity contribution >= 4 is 5.69 Å². The average molecular weight is 163 g/mol. The molecule has 0 saturated heterocycles. The molecular formula is C10H13NO. The molecule has 2 N–H and O–H groups in total. The van der Waals surface area contributed by atoms with Gasteiger partial charge in [0.15, 0.2) is 0 Å². The smallest absolute Gasteiger partial charge is 0.115 e. The van der Waals surface area contributed by atoms with Crippen molar-refractivity contribution in [3.05, 3.63) is 36.4 Å². The van der Waals surface area contributed by atoms with Crippen molar-refractivity contribution in [2.75, 3.05) is 11.9 Å². The zero-order valence-electron chi connectivity index (χ0n) is 7.17. The second-order valence-electron chi connectivity index (χ2n) is 2.86. The van der Waals surface area contributed by atoms with E-state index in [0.717, 1.165) is 17.8 Å². The Morgan fingerprint density at radius 1 is 1.42 bits per heavy atom. The topological polar surface area (TPSA) is 32.3 Å². The molecule has 0 unspecified atom stereocenters. The summed E-state index contributed by atoms with van der Waals surface area (Å²) in [4.78, 5) is 0. The van der Waals surface area contributed by atoms with Crippen molar-refractivity contribution in [3.8, 4) is 5.75 Å². The highest BCUT2D eigenvalue weighted by Crippen LogP contribution is 2.13. The first-order chi connectivity index (χ1) is 5.68. The fourth-order valence-corrected chi connectivity index (χ4v) is 0.832. The van der Waals surface area contributed by atoms with Crippen LogP contribution in [0, 0.1) is 0 Å². The molecule has 0 heterocycles. The third-order valence-electron chi connectivity index (χ3n) is 1.46. The van der Waals surface area contributed by atoms with Gasteiger partial charge in [-0.1, -0.05) is 12.2 Å². The highest BCUT2D eigenvalue weighted by atomic mass is 16.3. The molecule has 0 amide bonds. The van der Waals surface area contributed by atoms with Crippen LogP contribution in [0.1, 0.15) is 6.92 Å². The summed E-state index contributed by atoms with van der Waals surface area (Å²) < 4.78 is 0. The van der Waals surface area contributed by atoms with E-state index >= 15 is 0 Å². The highest BCUT2D eigenvalue weighted by Gasteiger charge is 1.90. The summed E-state index contributed by atoms with van der Waals surface area (Å²) in [5.41, 5.74) is 2.08. The molecule has 1 aromatic carbocycles. The van der Waals surface area contributed by atoms with Gasteiger partial charge in [0.05, 0.1) is 0 Å². The van der Waals surface area contributed by atoms with Crippen LogP contribution in [-0.4, -0.2) is 11.7 Å². The van der Waals surface area contributed by atoms with Crippen LogP contribution in [0.3, 0.4) is 0 Å². The number of phenolic OH excluding ortho intramolecular Hbond substituents is 1. The van der Waals surface area contributed by atoms with Crippen LogP contribution in [0.2, 0.25) is 0 Å². The predicted molar refractivity (Wildman–Crippen MR) is 51.4 cm³/mol. The zero-order chi connectivity index (χ0) is 8.97. The number of anilines is 1. The molecule has 0 aliphatic carbocycles. The minimum absolute atomic E-state index is 0.288. The number of aromatic hydroxyl groups is 1. The van der Waals surface area contributed by atoms with E-state index in [1.165, 1.54) is 0 Å². The molecule has 1 aromatic rings. The van der Waals surface area contributed by atoms with Crippen molar-refractivity contribution in [2.24, 2.45) is 0 Å². The number of benzene rings is 1. The molecule has 0 saturated carbocycles. The minimum Gasteiger partial charge on any atom is -0.508 e. The van der Waals surface area contributed by atoms with Gasteiger partial charge in [-0.2, -0.15) is 0 Å². The summed E-state index contributed by atoms with van der Waals surface area (Å²) in [5, 5.41) is 12.1. The quantitative estimate of drug-likeness (QED) is 0.529. The van der Waals surface area contributed by atoms with Gasteiger partial charge in [0.25, 0.3) is 0 Å². The van der Waals surface area contributed by atoms with E-state index in [4.69, 9.17) is 5.11 Å². The van der Waals surface area contributed by atoms with Crippen LogP contribution in [0.5, 0.6) is 5.75 Å². The van der Waals surface area contributed by atoms with Crippen LogP contribution < -0.4 is 5.32 Å². The average Bonchev–Trinajstić information content (AvgIpc) is 2.03. The lowest BCUT2D eigenvalue weighted by atomic mass is 10.3. The fourth-order valence-electron chi connectivity index (χ4n) is 0.832. The lowest BCUT2D eigenvalue weighted by molar-refractivity contribution is 0.475. The second kappa shape index (κ2) is 3.81. The van der Waals surface area contributed by atoms with Crippen molar-refractivity contribution in [3.63, 3.8) is 0 Å². The molecule has 2 nitrogen and oxygen atoms in total. The second-order valence-corrected chi connectivity index (χ2v) is 2.86. The molecule has 0 aromatic heterocycles. The summed E-state index contributed by atoms with van der Waals surface area (Å²) in [6.07, 6.45) is 0. The molecule has 2 heteroatoms. The maximum atomic E-state index is 8.99. The summed E-state index contributed by atoms with van der Waals surface area (Å²) in [6.45, 7) is 6.51. The number of rotatable bonds is 3. The van der Waals surface area contributed by atoms with Gasteiger partial charge in [-0.3, -0.25) is 0 Å². The molecule has 12 heavy (non-hydrogen) atoms. The van der Waals surface area contributed by atoms with Gasteiger partial charge in [-0.05, 0) is 31.2 Å². The Labute approximate surface area is 72.5 Å². The molecule has 0 radical (unpaired) electrons. The molecule has 0 spiro atoms. The van der Waals surface area contributed by atoms with Crippen LogP contribution in [-0.2, 0) is 0 Å². The van der Waals surface area contributed by atoms with E-state index in [-0.39, 0.29) is 5.75 Å². The summed E-state index contributed by atoms with van der Waals surface area (Å²) in [7, 11) is 0. The number of hydrogen-bond acceptors (Lipinski definition) is 2. The maximum Gasteiger partial charge on any atom is 0.115 e. The summed E-state index contributed by atoms with van der Waals surface area (Å²) in [5.74, 6) is 0.288. The van der Waals surface area contributed by atoms with Crippen molar-refractivity contribution in [1.29, 1.82) is 0 Å². The Bertz CT molecular complexity index is 264. The van der Waals surface area contributed by atoms with E-state index in [1.54, 1.807) is 12.1 Å². The molecule has 1 rings (SSSR count). The Morgan fingerprint density at radius 3 is 2.50 bits per heavy atom. The number of hydrogen-bond donors (Lipinski definition) is 2. The van der Waals surface area contributed by atoms with Gasteiger partial charge in [-0.25, -0.2) is 0 Å². The van der Waals surface area contributed by atoms with Crippen LogP contribution in [0.15, 0.2) is 36.4 Å². The molecule has 0 atom stereocenters. The normalized spacial score (nSPS) is 9.42. The number of phenols is 1. The lowest BCUT2D eigenvalue weighted by Crippen LogP contribution is -2.00. The van der Waals surface area contributed by atoms with Crippen LogP contribution >= 0.6 is 0 Å². The first-order valence-electron chi connectivity index (χ1n) is 3.86. The molecular weight excluding hydrogens is 150 g/mol. The van der Waals surface area contributed by atoms with Gasteiger partial charge in [0.2, 0.25) is 0 Å². The fraction of sp³-hybridized carbons (Fsp3) is 0.200. The van der Waals surface area contributed by atoms with E-state index in [9.17, 15) is 0 Å². The van der Waals surface area contributed by atoms with E-state index in [0.29, 0.717) is 0 Å². The summed E-state index contributed by atoms with van der Waals surface area (Å²) >= 11 is 0. The third-order valence-corrected chi connectivity index (χ3v) is 1.46. The van der Waals surface area contributed by atoms with Crippen molar-refractivity contribution in [1.82, 2.24) is 0 Å².